The van der Waals surface area contributed by atoms with Crippen molar-refractivity contribution in [2.24, 2.45) is 5.92 Å². The first-order chi connectivity index (χ1) is 7.25. The number of hydrogen-bond donors (Lipinski definition) is 0. The second kappa shape index (κ2) is 5.14. The monoisotopic (exact) mass is 244 g/mol. The van der Waals surface area contributed by atoms with Crippen molar-refractivity contribution in [1.29, 1.82) is 0 Å². The normalized spacial score (nSPS) is 29.6. The quantitative estimate of drug-likeness (QED) is 0.705. The standard InChI is InChI=1S/C13H27NOP/c1-10(14(5)6)11-8-7-9-12(11)16(15)13(2,3)4/h10-12H,7-9H2,1-6H3/q+1/t10-,11?,12?/m1/s1. The molecular weight excluding hydrogens is 217 g/mol. The second-order valence-electron chi connectivity index (χ2n) is 6.36. The Morgan fingerprint density at radius 1 is 1.25 bits per heavy atom. The number of nitrogens with zero attached hydrogens (tertiary/aromatic N) is 1. The van der Waals surface area contributed by atoms with Crippen molar-refractivity contribution in [1.82, 2.24) is 4.90 Å². The van der Waals surface area contributed by atoms with Crippen LogP contribution in [0.2, 0.25) is 0 Å². The molecule has 0 spiro atoms. The van der Waals surface area contributed by atoms with E-state index in [4.69, 9.17) is 0 Å². The summed E-state index contributed by atoms with van der Waals surface area (Å²) in [5.41, 5.74) is 0.437. The lowest BCUT2D eigenvalue weighted by molar-refractivity contribution is 0.230. The molecule has 0 saturated heterocycles. The molecule has 1 aliphatic rings. The van der Waals surface area contributed by atoms with Crippen molar-refractivity contribution in [3.05, 3.63) is 0 Å². The minimum atomic E-state index is -1.10. The largest absolute Gasteiger partial charge is 0.347 e. The molecule has 2 nitrogen and oxygen atoms in total. The minimum absolute atomic E-state index is 0.0331. The zero-order valence-corrected chi connectivity index (χ0v) is 12.6. The van der Waals surface area contributed by atoms with E-state index >= 15 is 0 Å². The Morgan fingerprint density at radius 2 is 1.81 bits per heavy atom. The third kappa shape index (κ3) is 3.05. The van der Waals surface area contributed by atoms with E-state index in [1.165, 1.54) is 12.8 Å². The smallest absolute Gasteiger partial charge is 0.306 e. The molecule has 0 aromatic heterocycles. The Labute approximate surface area is 102 Å². The van der Waals surface area contributed by atoms with Crippen molar-refractivity contribution in [3.8, 4) is 0 Å². The van der Waals surface area contributed by atoms with Crippen molar-refractivity contribution < 1.29 is 4.57 Å². The van der Waals surface area contributed by atoms with Gasteiger partial charge in [0.05, 0.1) is 0 Å². The topological polar surface area (TPSA) is 20.3 Å². The van der Waals surface area contributed by atoms with Crippen LogP contribution in [0.3, 0.4) is 0 Å². The molecule has 0 aromatic rings. The summed E-state index contributed by atoms with van der Waals surface area (Å²) in [6, 6.07) is 0.550. The molecule has 3 heteroatoms. The summed E-state index contributed by atoms with van der Waals surface area (Å²) < 4.78 is 12.5. The van der Waals surface area contributed by atoms with Crippen LogP contribution in [0.1, 0.15) is 47.0 Å². The van der Waals surface area contributed by atoms with Crippen molar-refractivity contribution in [2.45, 2.75) is 63.8 Å². The molecule has 0 N–H and O–H groups in total. The molecule has 0 aromatic carbocycles. The molecule has 94 valence electrons. The lowest BCUT2D eigenvalue weighted by atomic mass is 9.98. The molecule has 0 bridgehead atoms. The SMILES string of the molecule is C[C@H](C1CCCC1[P+](=O)C(C)(C)C)N(C)C. The van der Waals surface area contributed by atoms with E-state index in [2.05, 4.69) is 46.7 Å². The number of rotatable bonds is 3. The maximum Gasteiger partial charge on any atom is 0.347 e. The molecule has 1 rings (SSSR count). The van der Waals surface area contributed by atoms with Gasteiger partial charge >= 0.3 is 7.80 Å². The number of hydrogen-bond acceptors (Lipinski definition) is 2. The van der Waals surface area contributed by atoms with Gasteiger partial charge < -0.3 is 4.90 Å². The van der Waals surface area contributed by atoms with Gasteiger partial charge in [0.25, 0.3) is 0 Å². The van der Waals surface area contributed by atoms with Gasteiger partial charge in [-0.2, -0.15) is 0 Å². The van der Waals surface area contributed by atoms with Crippen LogP contribution in [0, 0.1) is 5.92 Å². The van der Waals surface area contributed by atoms with Gasteiger partial charge in [0.1, 0.15) is 0 Å². The van der Waals surface area contributed by atoms with Crippen LogP contribution in [0.4, 0.5) is 0 Å². The first-order valence-electron chi connectivity index (χ1n) is 6.38. The summed E-state index contributed by atoms with van der Waals surface area (Å²) in [6.07, 6.45) is 3.67. The summed E-state index contributed by atoms with van der Waals surface area (Å²) in [6.45, 7) is 8.61. The lowest BCUT2D eigenvalue weighted by Crippen LogP contribution is -2.36. The van der Waals surface area contributed by atoms with Crippen molar-refractivity contribution in [3.63, 3.8) is 0 Å². The highest BCUT2D eigenvalue weighted by Gasteiger charge is 2.49. The Bertz CT molecular complexity index is 257. The lowest BCUT2D eigenvalue weighted by Gasteiger charge is -2.28. The van der Waals surface area contributed by atoms with E-state index in [-0.39, 0.29) is 5.16 Å². The van der Waals surface area contributed by atoms with E-state index in [0.717, 1.165) is 6.42 Å². The van der Waals surface area contributed by atoms with Gasteiger partial charge in [-0.05, 0) is 61.1 Å². The van der Waals surface area contributed by atoms with Gasteiger partial charge in [0.15, 0.2) is 10.8 Å². The Hall–Kier alpha value is 0.0600. The van der Waals surface area contributed by atoms with E-state index in [1.807, 2.05) is 0 Å². The molecular formula is C13H27NOP+. The highest BCUT2D eigenvalue weighted by atomic mass is 31.1. The molecule has 4 atom stereocenters. The highest BCUT2D eigenvalue weighted by molar-refractivity contribution is 7.47. The minimum Gasteiger partial charge on any atom is -0.306 e. The van der Waals surface area contributed by atoms with Crippen LogP contribution in [0.5, 0.6) is 0 Å². The summed E-state index contributed by atoms with van der Waals surface area (Å²) in [7, 11) is 3.16. The Kier molecular flexibility index (Phi) is 4.54. The van der Waals surface area contributed by atoms with E-state index in [1.54, 1.807) is 0 Å². The molecule has 1 aliphatic carbocycles. The molecule has 0 radical (unpaired) electrons. The molecule has 0 aliphatic heterocycles. The van der Waals surface area contributed by atoms with E-state index in [9.17, 15) is 4.57 Å². The van der Waals surface area contributed by atoms with Gasteiger partial charge in [0.2, 0.25) is 0 Å². The Morgan fingerprint density at radius 3 is 2.25 bits per heavy atom. The van der Waals surface area contributed by atoms with Gasteiger partial charge in [-0.15, -0.1) is 0 Å². The second-order valence-corrected chi connectivity index (χ2v) is 9.02. The predicted molar refractivity (Wildman–Crippen MR) is 71.6 cm³/mol. The fraction of sp³-hybridized carbons (Fsp3) is 1.00. The highest BCUT2D eigenvalue weighted by Crippen LogP contribution is 2.52. The zero-order valence-electron chi connectivity index (χ0n) is 11.7. The van der Waals surface area contributed by atoms with Gasteiger partial charge in [-0.1, -0.05) is 4.57 Å². The fourth-order valence-corrected chi connectivity index (χ4v) is 4.86. The van der Waals surface area contributed by atoms with Gasteiger partial charge in [-0.3, -0.25) is 0 Å². The van der Waals surface area contributed by atoms with E-state index < -0.39 is 7.80 Å². The third-order valence-corrected chi connectivity index (χ3v) is 6.49. The van der Waals surface area contributed by atoms with Crippen LogP contribution in [-0.2, 0) is 4.57 Å². The predicted octanol–water partition coefficient (Wildman–Crippen LogP) is 3.73. The van der Waals surface area contributed by atoms with Gasteiger partial charge in [-0.25, -0.2) is 0 Å². The van der Waals surface area contributed by atoms with Crippen LogP contribution >= 0.6 is 7.80 Å². The average Bonchev–Trinajstić information content (AvgIpc) is 2.61. The van der Waals surface area contributed by atoms with Crippen LogP contribution in [0.25, 0.3) is 0 Å². The molecule has 1 fully saturated rings. The summed E-state index contributed by atoms with van der Waals surface area (Å²) in [5.74, 6) is 0.623. The maximum atomic E-state index is 12.5. The summed E-state index contributed by atoms with van der Waals surface area (Å²) in [5, 5.41) is -0.0331. The first kappa shape index (κ1) is 14.1. The molecule has 1 saturated carbocycles. The van der Waals surface area contributed by atoms with E-state index in [0.29, 0.717) is 17.6 Å². The molecule has 0 heterocycles. The van der Waals surface area contributed by atoms with Gasteiger partial charge in [0, 0.05) is 12.0 Å². The van der Waals surface area contributed by atoms with Crippen molar-refractivity contribution >= 4 is 7.80 Å². The maximum absolute atomic E-state index is 12.5. The fourth-order valence-electron chi connectivity index (χ4n) is 2.70. The van der Waals surface area contributed by atoms with Crippen LogP contribution < -0.4 is 0 Å². The Balaban J connectivity index is 2.77. The first-order valence-corrected chi connectivity index (χ1v) is 7.71. The molecule has 16 heavy (non-hydrogen) atoms. The molecule has 0 amide bonds. The van der Waals surface area contributed by atoms with Crippen LogP contribution in [-0.4, -0.2) is 35.9 Å². The third-order valence-electron chi connectivity index (χ3n) is 3.93. The molecule has 3 unspecified atom stereocenters. The summed E-state index contributed by atoms with van der Waals surface area (Å²) >= 11 is 0. The average molecular weight is 244 g/mol. The van der Waals surface area contributed by atoms with Crippen molar-refractivity contribution in [2.75, 3.05) is 14.1 Å². The van der Waals surface area contributed by atoms with Crippen LogP contribution in [0.15, 0.2) is 0 Å². The summed E-state index contributed by atoms with van der Waals surface area (Å²) in [4.78, 5) is 2.27. The zero-order chi connectivity index (χ0) is 12.5.